The number of aromatic nitrogens is 1. The molecule has 1 saturated carbocycles. The quantitative estimate of drug-likeness (QED) is 0.437. The van der Waals surface area contributed by atoms with Gasteiger partial charge in [-0.05, 0) is 25.7 Å². The molecule has 0 saturated heterocycles. The highest BCUT2D eigenvalue weighted by molar-refractivity contribution is 5.79. The highest BCUT2D eigenvalue weighted by Gasteiger charge is 2.21. The van der Waals surface area contributed by atoms with Gasteiger partial charge in [0.15, 0.2) is 5.96 Å². The van der Waals surface area contributed by atoms with Crippen LogP contribution in [0, 0.1) is 5.92 Å². The fourth-order valence-electron chi connectivity index (χ4n) is 1.99. The highest BCUT2D eigenvalue weighted by Crippen LogP contribution is 2.28. The van der Waals surface area contributed by atoms with E-state index >= 15 is 0 Å². The molecular formula is C17H30N4O2. The second-order valence-corrected chi connectivity index (χ2v) is 7.01. The number of nitrogens with zero attached hydrogens (tertiary/aromatic N) is 2. The zero-order valence-corrected chi connectivity index (χ0v) is 14.8. The Morgan fingerprint density at radius 2 is 2.17 bits per heavy atom. The lowest BCUT2D eigenvalue weighted by Crippen LogP contribution is -2.39. The molecule has 1 aromatic rings. The summed E-state index contributed by atoms with van der Waals surface area (Å²) in [5.74, 6) is 3.09. The van der Waals surface area contributed by atoms with Gasteiger partial charge in [-0.3, -0.25) is 0 Å². The minimum atomic E-state index is -0.0311. The molecule has 1 heterocycles. The molecular weight excluding hydrogens is 292 g/mol. The topological polar surface area (TPSA) is 71.7 Å². The second kappa shape index (κ2) is 8.34. The SMILES string of the molecule is CCNC(=NCc1ncc(C(C)(C)C)o1)NCCOCC1CC1. The third kappa shape index (κ3) is 6.60. The van der Waals surface area contributed by atoms with Gasteiger partial charge in [-0.1, -0.05) is 20.8 Å². The average Bonchev–Trinajstić information content (AvgIpc) is 3.18. The van der Waals surface area contributed by atoms with E-state index in [-0.39, 0.29) is 5.41 Å². The number of hydrogen-bond donors (Lipinski definition) is 2. The summed E-state index contributed by atoms with van der Waals surface area (Å²) in [7, 11) is 0. The summed E-state index contributed by atoms with van der Waals surface area (Å²) in [6.45, 7) is 11.9. The third-order valence-electron chi connectivity index (χ3n) is 3.60. The second-order valence-electron chi connectivity index (χ2n) is 7.01. The van der Waals surface area contributed by atoms with Crippen LogP contribution in [0.4, 0.5) is 0 Å². The molecule has 2 N–H and O–H groups in total. The summed E-state index contributed by atoms with van der Waals surface area (Å²) in [5, 5.41) is 6.48. The molecule has 0 amide bonds. The van der Waals surface area contributed by atoms with E-state index in [1.54, 1.807) is 6.20 Å². The van der Waals surface area contributed by atoms with Crippen molar-refractivity contribution in [3.05, 3.63) is 17.8 Å². The van der Waals surface area contributed by atoms with E-state index in [2.05, 4.69) is 41.4 Å². The summed E-state index contributed by atoms with van der Waals surface area (Å²) < 4.78 is 11.4. The van der Waals surface area contributed by atoms with Gasteiger partial charge in [0.2, 0.25) is 5.89 Å². The molecule has 6 heteroatoms. The Morgan fingerprint density at radius 1 is 1.39 bits per heavy atom. The Hall–Kier alpha value is -1.56. The van der Waals surface area contributed by atoms with Crippen molar-refractivity contribution in [3.63, 3.8) is 0 Å². The predicted octanol–water partition coefficient (Wildman–Crippen LogP) is 2.45. The summed E-state index contributed by atoms with van der Waals surface area (Å²) in [6, 6.07) is 0. The molecule has 0 aromatic carbocycles. The Labute approximate surface area is 139 Å². The van der Waals surface area contributed by atoms with Gasteiger partial charge in [-0.15, -0.1) is 0 Å². The summed E-state index contributed by atoms with van der Waals surface area (Å²) in [6.07, 6.45) is 4.44. The van der Waals surface area contributed by atoms with E-state index in [1.165, 1.54) is 12.8 Å². The fourth-order valence-corrected chi connectivity index (χ4v) is 1.99. The first-order chi connectivity index (χ1) is 11.0. The van der Waals surface area contributed by atoms with Crippen LogP contribution in [-0.4, -0.2) is 37.2 Å². The van der Waals surface area contributed by atoms with Gasteiger partial charge in [-0.2, -0.15) is 0 Å². The molecule has 2 rings (SSSR count). The zero-order valence-electron chi connectivity index (χ0n) is 14.8. The standard InChI is InChI=1S/C17H30N4O2/c1-5-18-16(19-8-9-22-12-13-6-7-13)21-11-15-20-10-14(23-15)17(2,3)4/h10,13H,5-9,11-12H2,1-4H3,(H2,18,19,21). The number of ether oxygens (including phenoxy) is 1. The molecule has 1 aromatic heterocycles. The molecule has 1 fully saturated rings. The van der Waals surface area contributed by atoms with Crippen molar-refractivity contribution in [2.75, 3.05) is 26.3 Å². The molecule has 0 spiro atoms. The maximum absolute atomic E-state index is 5.75. The highest BCUT2D eigenvalue weighted by atomic mass is 16.5. The van der Waals surface area contributed by atoms with Crippen LogP contribution in [0.3, 0.4) is 0 Å². The van der Waals surface area contributed by atoms with Crippen molar-refractivity contribution in [2.45, 2.75) is 52.5 Å². The lowest BCUT2D eigenvalue weighted by atomic mass is 9.94. The molecule has 1 aliphatic rings. The van der Waals surface area contributed by atoms with E-state index in [0.29, 0.717) is 19.0 Å². The van der Waals surface area contributed by atoms with Crippen molar-refractivity contribution in [1.82, 2.24) is 15.6 Å². The number of nitrogens with one attached hydrogen (secondary N) is 2. The van der Waals surface area contributed by atoms with Crippen molar-refractivity contribution in [3.8, 4) is 0 Å². The molecule has 0 radical (unpaired) electrons. The van der Waals surface area contributed by atoms with Crippen molar-refractivity contribution in [1.29, 1.82) is 0 Å². The van der Waals surface area contributed by atoms with Crippen LogP contribution in [-0.2, 0) is 16.7 Å². The lowest BCUT2D eigenvalue weighted by molar-refractivity contribution is 0.129. The largest absolute Gasteiger partial charge is 0.443 e. The van der Waals surface area contributed by atoms with E-state index in [4.69, 9.17) is 9.15 Å². The summed E-state index contributed by atoms with van der Waals surface area (Å²) in [4.78, 5) is 8.80. The van der Waals surface area contributed by atoms with Crippen LogP contribution in [0.2, 0.25) is 0 Å². The number of rotatable bonds is 8. The molecule has 6 nitrogen and oxygen atoms in total. The molecule has 0 bridgehead atoms. The van der Waals surface area contributed by atoms with E-state index in [9.17, 15) is 0 Å². The Kier molecular flexibility index (Phi) is 6.45. The molecule has 0 atom stereocenters. The number of guanidine groups is 1. The van der Waals surface area contributed by atoms with Crippen molar-refractivity contribution >= 4 is 5.96 Å². The van der Waals surface area contributed by atoms with E-state index in [1.807, 2.05) is 6.92 Å². The van der Waals surface area contributed by atoms with Crippen LogP contribution in [0.25, 0.3) is 0 Å². The minimum Gasteiger partial charge on any atom is -0.443 e. The Morgan fingerprint density at radius 3 is 2.78 bits per heavy atom. The van der Waals surface area contributed by atoms with Crippen molar-refractivity contribution < 1.29 is 9.15 Å². The Bertz CT molecular complexity index is 501. The predicted molar refractivity (Wildman–Crippen MR) is 91.6 cm³/mol. The van der Waals surface area contributed by atoms with Crippen LogP contribution in [0.15, 0.2) is 15.6 Å². The van der Waals surface area contributed by atoms with Gasteiger partial charge >= 0.3 is 0 Å². The number of oxazole rings is 1. The van der Waals surface area contributed by atoms with E-state index < -0.39 is 0 Å². The number of aliphatic imine (C=N–C) groups is 1. The monoisotopic (exact) mass is 322 g/mol. The van der Waals surface area contributed by atoms with Gasteiger partial charge in [0.25, 0.3) is 0 Å². The van der Waals surface area contributed by atoms with Gasteiger partial charge < -0.3 is 19.8 Å². The summed E-state index contributed by atoms with van der Waals surface area (Å²) in [5.41, 5.74) is -0.0311. The van der Waals surface area contributed by atoms with Crippen LogP contribution < -0.4 is 10.6 Å². The first kappa shape index (κ1) is 17.8. The average molecular weight is 322 g/mol. The van der Waals surface area contributed by atoms with Crippen LogP contribution in [0.1, 0.15) is 52.2 Å². The molecule has 130 valence electrons. The molecule has 1 aliphatic carbocycles. The minimum absolute atomic E-state index is 0.0311. The first-order valence-electron chi connectivity index (χ1n) is 8.54. The van der Waals surface area contributed by atoms with Gasteiger partial charge in [0, 0.05) is 25.1 Å². The van der Waals surface area contributed by atoms with Gasteiger partial charge in [-0.25, -0.2) is 9.98 Å². The first-order valence-corrected chi connectivity index (χ1v) is 8.54. The normalized spacial score (nSPS) is 15.7. The smallest absolute Gasteiger partial charge is 0.216 e. The Balaban J connectivity index is 1.76. The molecule has 0 unspecified atom stereocenters. The van der Waals surface area contributed by atoms with Crippen molar-refractivity contribution in [2.24, 2.45) is 10.9 Å². The fraction of sp³-hybridized carbons (Fsp3) is 0.765. The maximum atomic E-state index is 5.75. The maximum Gasteiger partial charge on any atom is 0.216 e. The van der Waals surface area contributed by atoms with E-state index in [0.717, 1.165) is 37.3 Å². The zero-order chi connectivity index (χ0) is 16.7. The van der Waals surface area contributed by atoms with Crippen LogP contribution >= 0.6 is 0 Å². The van der Waals surface area contributed by atoms with Gasteiger partial charge in [0.05, 0.1) is 12.8 Å². The lowest BCUT2D eigenvalue weighted by Gasteiger charge is -2.13. The van der Waals surface area contributed by atoms with Crippen LogP contribution in [0.5, 0.6) is 0 Å². The molecule has 23 heavy (non-hydrogen) atoms. The summed E-state index contributed by atoms with van der Waals surface area (Å²) >= 11 is 0. The van der Waals surface area contributed by atoms with Gasteiger partial charge in [0.1, 0.15) is 12.3 Å². The third-order valence-corrected chi connectivity index (χ3v) is 3.60. The number of hydrogen-bond acceptors (Lipinski definition) is 4. The molecule has 0 aliphatic heterocycles.